The molecule has 0 bridgehead atoms. The van der Waals surface area contributed by atoms with E-state index in [9.17, 15) is 34.4 Å². The standard InChI is InChI=1S/C10H22O8S6.2Na/c11-21(12)7-3-1-5-19-23(15,16)9-10-24(17,18)20-6-2-4-8-22(13)14;;/h1-10H2,(H,11,12)(H,13,14);;/q;2*+1/p-2. The molecule has 0 amide bonds. The van der Waals surface area contributed by atoms with Gasteiger partial charge in [-0.25, -0.2) is 16.8 Å². The van der Waals surface area contributed by atoms with E-state index in [1.165, 1.54) is 0 Å². The molecule has 146 valence electrons. The van der Waals surface area contributed by atoms with Gasteiger partial charge < -0.3 is 9.11 Å². The molecule has 0 aromatic rings. The number of rotatable bonds is 15. The first-order valence-electron chi connectivity index (χ1n) is 6.90. The van der Waals surface area contributed by atoms with Crippen molar-refractivity contribution in [3.63, 3.8) is 0 Å². The molecule has 0 aliphatic rings. The Balaban J connectivity index is -0.00000264. The van der Waals surface area contributed by atoms with Crippen LogP contribution in [-0.2, 0) is 39.9 Å². The Bertz CT molecular complexity index is 555. The van der Waals surface area contributed by atoms with Gasteiger partial charge in [0.2, 0.25) is 17.7 Å². The molecule has 0 radical (unpaired) electrons. The SMILES string of the molecule is O=S([O-])CCCCSS(=O)(=O)CCS(=O)(=O)SCCCCS(=O)[O-].[Na+].[Na+]. The van der Waals surface area contributed by atoms with E-state index in [-0.39, 0.29) is 82.1 Å². The van der Waals surface area contributed by atoms with Crippen molar-refractivity contribution in [1.82, 2.24) is 0 Å². The molecular weight excluding hydrogens is 486 g/mol. The average Bonchev–Trinajstić information content (AvgIpc) is 2.44. The van der Waals surface area contributed by atoms with Crippen LogP contribution in [0.25, 0.3) is 0 Å². The second kappa shape index (κ2) is 18.6. The maximum atomic E-state index is 11.7. The summed E-state index contributed by atoms with van der Waals surface area (Å²) in [6, 6.07) is 0. The third-order valence-electron chi connectivity index (χ3n) is 2.52. The first-order valence-corrected chi connectivity index (χ1v) is 15.7. The molecule has 0 saturated carbocycles. The summed E-state index contributed by atoms with van der Waals surface area (Å²) in [5.41, 5.74) is 0. The van der Waals surface area contributed by atoms with E-state index in [0.717, 1.165) is 0 Å². The summed E-state index contributed by atoms with van der Waals surface area (Å²) in [4.78, 5) is 0. The molecule has 0 heterocycles. The van der Waals surface area contributed by atoms with Crippen molar-refractivity contribution >= 4 is 61.5 Å². The molecule has 0 aliphatic heterocycles. The third-order valence-corrected chi connectivity index (χ3v) is 11.2. The largest absolute Gasteiger partial charge is 1.00 e. The van der Waals surface area contributed by atoms with Crippen LogP contribution in [0, 0.1) is 0 Å². The van der Waals surface area contributed by atoms with Gasteiger partial charge >= 0.3 is 59.1 Å². The van der Waals surface area contributed by atoms with Crippen molar-refractivity contribution in [2.45, 2.75) is 25.7 Å². The normalized spacial score (nSPS) is 14.1. The van der Waals surface area contributed by atoms with Gasteiger partial charge in [-0.15, -0.1) is 0 Å². The van der Waals surface area contributed by atoms with Crippen molar-refractivity contribution in [1.29, 1.82) is 0 Å². The van der Waals surface area contributed by atoms with E-state index < -0.39 is 51.4 Å². The molecular formula is C10H20Na2O8S6. The Morgan fingerprint density at radius 2 is 0.962 bits per heavy atom. The van der Waals surface area contributed by atoms with Crippen LogP contribution in [0.1, 0.15) is 25.7 Å². The Hall–Kier alpha value is 2.82. The molecule has 0 aliphatic carbocycles. The maximum Gasteiger partial charge on any atom is 1.00 e. The van der Waals surface area contributed by atoms with Gasteiger partial charge in [-0.2, -0.15) is 0 Å². The molecule has 0 N–H and O–H groups in total. The maximum absolute atomic E-state index is 11.7. The van der Waals surface area contributed by atoms with Gasteiger partial charge in [0.1, 0.15) is 0 Å². The van der Waals surface area contributed by atoms with Gasteiger partial charge in [0.05, 0.1) is 11.5 Å². The summed E-state index contributed by atoms with van der Waals surface area (Å²) in [6.45, 7) is 0. The van der Waals surface area contributed by atoms with E-state index in [2.05, 4.69) is 0 Å². The number of unbranched alkanes of at least 4 members (excludes halogenated alkanes) is 2. The van der Waals surface area contributed by atoms with E-state index in [0.29, 0.717) is 47.3 Å². The monoisotopic (exact) mass is 506 g/mol. The smallest absolute Gasteiger partial charge is 0.772 e. The zero-order chi connectivity index (χ0) is 18.6. The predicted molar refractivity (Wildman–Crippen MR) is 98.5 cm³/mol. The van der Waals surface area contributed by atoms with Crippen LogP contribution < -0.4 is 59.1 Å². The topological polar surface area (TPSA) is 149 Å². The summed E-state index contributed by atoms with van der Waals surface area (Å²) in [6.07, 6.45) is 1.56. The van der Waals surface area contributed by atoms with Gasteiger partial charge in [0.15, 0.2) is 0 Å². The number of hydrogen-bond acceptors (Lipinski definition) is 10. The quantitative estimate of drug-likeness (QED) is 0.0911. The molecule has 26 heavy (non-hydrogen) atoms. The fourth-order valence-electron chi connectivity index (χ4n) is 1.34. The second-order valence-electron chi connectivity index (χ2n) is 4.60. The van der Waals surface area contributed by atoms with Crippen molar-refractivity contribution in [2.75, 3.05) is 34.5 Å². The van der Waals surface area contributed by atoms with Crippen molar-refractivity contribution < 1.29 is 93.5 Å². The van der Waals surface area contributed by atoms with Crippen LogP contribution in [0.15, 0.2) is 0 Å². The Morgan fingerprint density at radius 3 is 1.23 bits per heavy atom. The molecule has 0 fully saturated rings. The zero-order valence-electron chi connectivity index (χ0n) is 14.8. The summed E-state index contributed by atoms with van der Waals surface area (Å²) < 4.78 is 88.1. The Morgan fingerprint density at radius 1 is 0.654 bits per heavy atom. The minimum absolute atomic E-state index is 0. The molecule has 8 nitrogen and oxygen atoms in total. The van der Waals surface area contributed by atoms with Crippen molar-refractivity contribution in [3.8, 4) is 0 Å². The van der Waals surface area contributed by atoms with Gasteiger partial charge in [0.25, 0.3) is 0 Å². The second-order valence-corrected chi connectivity index (χ2v) is 15.4. The van der Waals surface area contributed by atoms with E-state index in [1.54, 1.807) is 0 Å². The van der Waals surface area contributed by atoms with Crippen molar-refractivity contribution in [3.05, 3.63) is 0 Å². The minimum Gasteiger partial charge on any atom is -0.772 e. The molecule has 0 saturated heterocycles. The van der Waals surface area contributed by atoms with Gasteiger partial charge in [0, 0.05) is 23.0 Å². The van der Waals surface area contributed by atoms with Crippen LogP contribution in [-0.4, -0.2) is 68.9 Å². The molecule has 0 aromatic carbocycles. The molecule has 0 spiro atoms. The molecule has 16 heteroatoms. The van der Waals surface area contributed by atoms with E-state index in [1.807, 2.05) is 0 Å². The average molecular weight is 507 g/mol. The van der Waals surface area contributed by atoms with Crippen LogP contribution in [0.2, 0.25) is 0 Å². The summed E-state index contributed by atoms with van der Waals surface area (Å²) in [5.74, 6) is -0.592. The first kappa shape index (κ1) is 33.5. The van der Waals surface area contributed by atoms with Crippen LogP contribution in [0.3, 0.4) is 0 Å². The van der Waals surface area contributed by atoms with Crippen molar-refractivity contribution in [2.24, 2.45) is 0 Å². The van der Waals surface area contributed by atoms with E-state index in [4.69, 9.17) is 0 Å². The third kappa shape index (κ3) is 23.1. The predicted octanol–water partition coefficient (Wildman–Crippen LogP) is -5.56. The molecule has 2 unspecified atom stereocenters. The Labute approximate surface area is 212 Å². The van der Waals surface area contributed by atoms with Gasteiger partial charge in [-0.05, 0) is 47.3 Å². The fraction of sp³-hybridized carbons (Fsp3) is 1.00. The van der Waals surface area contributed by atoms with Gasteiger partial charge in [-0.3, -0.25) is 8.42 Å². The van der Waals surface area contributed by atoms with Crippen LogP contribution in [0.4, 0.5) is 0 Å². The molecule has 0 aromatic heterocycles. The Kier molecular flexibility index (Phi) is 23.9. The first-order chi connectivity index (χ1) is 11.0. The minimum atomic E-state index is -3.57. The summed E-state index contributed by atoms with van der Waals surface area (Å²) in [5, 5.41) is 0. The van der Waals surface area contributed by atoms with Crippen LogP contribution in [0.5, 0.6) is 0 Å². The summed E-state index contributed by atoms with van der Waals surface area (Å²) >= 11 is -4.28. The van der Waals surface area contributed by atoms with Crippen LogP contribution >= 0.6 is 21.6 Å². The molecule has 0 rings (SSSR count). The van der Waals surface area contributed by atoms with Gasteiger partial charge in [-0.1, -0.05) is 22.2 Å². The fourth-order valence-corrected chi connectivity index (χ4v) is 9.40. The summed E-state index contributed by atoms with van der Waals surface area (Å²) in [7, 11) is -5.88. The van der Waals surface area contributed by atoms with E-state index >= 15 is 0 Å². The zero-order valence-corrected chi connectivity index (χ0v) is 23.7. The molecule has 2 atom stereocenters. The number of hydrogen-bond donors (Lipinski definition) is 0.